The molecule has 0 saturated heterocycles. The predicted molar refractivity (Wildman–Crippen MR) is 77.3 cm³/mol. The van der Waals surface area contributed by atoms with Gasteiger partial charge < -0.3 is 5.73 Å². The van der Waals surface area contributed by atoms with Gasteiger partial charge in [0.05, 0.1) is 21.7 Å². The van der Waals surface area contributed by atoms with Crippen LogP contribution in [0, 0.1) is 17.0 Å². The highest BCUT2D eigenvalue weighted by atomic mass is 32.2. The van der Waals surface area contributed by atoms with Gasteiger partial charge in [0, 0.05) is 12.1 Å². The van der Waals surface area contributed by atoms with Gasteiger partial charge in [-0.3, -0.25) is 14.8 Å². The first-order chi connectivity index (χ1) is 9.79. The lowest BCUT2D eigenvalue weighted by molar-refractivity contribution is -0.385. The third-order valence-electron chi connectivity index (χ3n) is 2.70. The maximum absolute atomic E-state index is 12.2. The van der Waals surface area contributed by atoms with E-state index in [4.69, 9.17) is 5.73 Å². The lowest BCUT2D eigenvalue weighted by atomic mass is 10.2. The van der Waals surface area contributed by atoms with Gasteiger partial charge in [0.2, 0.25) is 0 Å². The molecule has 2 aromatic rings. The molecular weight excluding hydrogens is 296 g/mol. The third kappa shape index (κ3) is 3.26. The normalized spacial score (nSPS) is 11.1. The van der Waals surface area contributed by atoms with E-state index >= 15 is 0 Å². The topological polar surface area (TPSA) is 128 Å². The van der Waals surface area contributed by atoms with Crippen molar-refractivity contribution in [3.8, 4) is 0 Å². The van der Waals surface area contributed by atoms with Crippen LogP contribution in [0.3, 0.4) is 0 Å². The number of sulfonamides is 1. The van der Waals surface area contributed by atoms with Crippen molar-refractivity contribution in [2.75, 3.05) is 10.5 Å². The molecule has 0 aliphatic rings. The summed E-state index contributed by atoms with van der Waals surface area (Å²) >= 11 is 0. The largest absolute Gasteiger partial charge is 0.384 e. The van der Waals surface area contributed by atoms with Crippen molar-refractivity contribution in [2.45, 2.75) is 11.8 Å². The number of nitrogen functional groups attached to an aromatic ring is 1. The molecule has 0 aliphatic carbocycles. The summed E-state index contributed by atoms with van der Waals surface area (Å²) < 4.78 is 26.8. The zero-order chi connectivity index (χ0) is 15.6. The second-order valence-corrected chi connectivity index (χ2v) is 5.93. The minimum absolute atomic E-state index is 0.0371. The SMILES string of the molecule is Cc1cc([N+](=O)[O-])ccc1S(=O)(=O)Nc1ccc(N)nc1. The van der Waals surface area contributed by atoms with Crippen molar-refractivity contribution >= 4 is 27.2 Å². The Morgan fingerprint density at radius 2 is 2.00 bits per heavy atom. The molecular formula is C12H12N4O4S. The zero-order valence-electron chi connectivity index (χ0n) is 11.0. The van der Waals surface area contributed by atoms with Crippen molar-refractivity contribution < 1.29 is 13.3 Å². The highest BCUT2D eigenvalue weighted by Crippen LogP contribution is 2.23. The van der Waals surface area contributed by atoms with Crippen LogP contribution in [0.2, 0.25) is 0 Å². The first-order valence-corrected chi connectivity index (χ1v) is 7.27. The van der Waals surface area contributed by atoms with Gasteiger partial charge in [0.25, 0.3) is 15.7 Å². The maximum atomic E-state index is 12.2. The fourth-order valence-electron chi connectivity index (χ4n) is 1.72. The van der Waals surface area contributed by atoms with E-state index in [1.54, 1.807) is 0 Å². The Bertz CT molecular complexity index is 787. The minimum atomic E-state index is -3.85. The van der Waals surface area contributed by atoms with Crippen LogP contribution in [-0.4, -0.2) is 18.3 Å². The molecule has 1 aromatic heterocycles. The summed E-state index contributed by atoms with van der Waals surface area (Å²) in [5, 5.41) is 10.7. The van der Waals surface area contributed by atoms with Gasteiger partial charge >= 0.3 is 0 Å². The molecule has 0 spiro atoms. The van der Waals surface area contributed by atoms with E-state index in [0.717, 1.165) is 6.07 Å². The number of hydrogen-bond acceptors (Lipinski definition) is 6. The van der Waals surface area contributed by atoms with Gasteiger partial charge in [-0.05, 0) is 30.7 Å². The molecule has 0 bridgehead atoms. The molecule has 8 nitrogen and oxygen atoms in total. The second kappa shape index (κ2) is 5.37. The number of rotatable bonds is 4. The number of aryl methyl sites for hydroxylation is 1. The third-order valence-corrected chi connectivity index (χ3v) is 4.24. The first kappa shape index (κ1) is 14.7. The molecule has 0 unspecified atom stereocenters. The Hall–Kier alpha value is -2.68. The molecule has 3 N–H and O–H groups in total. The number of aromatic nitrogens is 1. The molecule has 1 heterocycles. The lowest BCUT2D eigenvalue weighted by Crippen LogP contribution is -2.14. The molecule has 110 valence electrons. The number of hydrogen-bond donors (Lipinski definition) is 2. The predicted octanol–water partition coefficient (Wildman–Crippen LogP) is 1.68. The van der Waals surface area contributed by atoms with E-state index < -0.39 is 14.9 Å². The van der Waals surface area contributed by atoms with E-state index in [-0.39, 0.29) is 27.7 Å². The Labute approximate surface area is 120 Å². The maximum Gasteiger partial charge on any atom is 0.269 e. The molecule has 0 radical (unpaired) electrons. The summed E-state index contributed by atoms with van der Waals surface area (Å²) in [7, 11) is -3.85. The van der Waals surface area contributed by atoms with E-state index in [2.05, 4.69) is 9.71 Å². The standard InChI is InChI=1S/C12H12N4O4S/c1-8-6-10(16(17)18)3-4-11(8)21(19,20)15-9-2-5-12(13)14-7-9/h2-7,15H,1H3,(H2,13,14). The van der Waals surface area contributed by atoms with Gasteiger partial charge in [-0.2, -0.15) is 0 Å². The highest BCUT2D eigenvalue weighted by Gasteiger charge is 2.19. The van der Waals surface area contributed by atoms with Crippen molar-refractivity contribution in [3.63, 3.8) is 0 Å². The Morgan fingerprint density at radius 1 is 1.29 bits per heavy atom. The number of nitrogens with two attached hydrogens (primary N) is 1. The van der Waals surface area contributed by atoms with E-state index in [9.17, 15) is 18.5 Å². The molecule has 21 heavy (non-hydrogen) atoms. The van der Waals surface area contributed by atoms with Crippen molar-refractivity contribution in [1.29, 1.82) is 0 Å². The van der Waals surface area contributed by atoms with E-state index in [0.29, 0.717) is 0 Å². The average Bonchev–Trinajstić information content (AvgIpc) is 2.40. The molecule has 1 aromatic carbocycles. The van der Waals surface area contributed by atoms with Crippen LogP contribution < -0.4 is 10.5 Å². The van der Waals surface area contributed by atoms with Crippen LogP contribution in [0.4, 0.5) is 17.2 Å². The number of anilines is 2. The number of nitro benzene ring substituents is 1. The quantitative estimate of drug-likeness (QED) is 0.653. The molecule has 2 rings (SSSR count). The Morgan fingerprint density at radius 3 is 2.52 bits per heavy atom. The van der Waals surface area contributed by atoms with Crippen molar-refractivity contribution in [3.05, 3.63) is 52.2 Å². The fraction of sp³-hybridized carbons (Fsp3) is 0.0833. The number of non-ortho nitro benzene ring substituents is 1. The van der Waals surface area contributed by atoms with Gasteiger partial charge in [-0.1, -0.05) is 0 Å². The van der Waals surface area contributed by atoms with Crippen LogP contribution in [0.25, 0.3) is 0 Å². The van der Waals surface area contributed by atoms with Crippen molar-refractivity contribution in [1.82, 2.24) is 4.98 Å². The van der Waals surface area contributed by atoms with Crippen LogP contribution in [-0.2, 0) is 10.0 Å². The number of benzene rings is 1. The van der Waals surface area contributed by atoms with E-state index in [1.807, 2.05) is 0 Å². The highest BCUT2D eigenvalue weighted by molar-refractivity contribution is 7.92. The summed E-state index contributed by atoms with van der Waals surface area (Å²) in [6.07, 6.45) is 1.29. The molecule has 0 aliphatic heterocycles. The molecule has 0 amide bonds. The summed E-state index contributed by atoms with van der Waals surface area (Å²) in [5.74, 6) is 0.268. The number of nitro groups is 1. The van der Waals surface area contributed by atoms with Crippen molar-refractivity contribution in [2.24, 2.45) is 0 Å². The second-order valence-electron chi connectivity index (χ2n) is 4.28. The van der Waals surface area contributed by atoms with Gasteiger partial charge in [0.1, 0.15) is 5.82 Å². The van der Waals surface area contributed by atoms with Gasteiger partial charge in [-0.15, -0.1) is 0 Å². The number of pyridine rings is 1. The molecule has 0 atom stereocenters. The lowest BCUT2D eigenvalue weighted by Gasteiger charge is -2.10. The van der Waals surface area contributed by atoms with Gasteiger partial charge in [-0.25, -0.2) is 13.4 Å². The van der Waals surface area contributed by atoms with Gasteiger partial charge in [0.15, 0.2) is 0 Å². The van der Waals surface area contributed by atoms with Crippen LogP contribution in [0.15, 0.2) is 41.4 Å². The Balaban J connectivity index is 2.35. The minimum Gasteiger partial charge on any atom is -0.384 e. The summed E-state index contributed by atoms with van der Waals surface area (Å²) in [5.41, 5.74) is 5.78. The zero-order valence-corrected chi connectivity index (χ0v) is 11.8. The molecule has 0 fully saturated rings. The molecule has 9 heteroatoms. The van der Waals surface area contributed by atoms with Crippen LogP contribution in [0.1, 0.15) is 5.56 Å². The summed E-state index contributed by atoms with van der Waals surface area (Å²) in [6.45, 7) is 1.49. The fourth-order valence-corrected chi connectivity index (χ4v) is 3.00. The van der Waals surface area contributed by atoms with Crippen LogP contribution >= 0.6 is 0 Å². The number of nitrogens with zero attached hydrogens (tertiary/aromatic N) is 2. The molecule has 0 saturated carbocycles. The smallest absolute Gasteiger partial charge is 0.269 e. The summed E-state index contributed by atoms with van der Waals surface area (Å²) in [6, 6.07) is 6.47. The van der Waals surface area contributed by atoms with Crippen LogP contribution in [0.5, 0.6) is 0 Å². The first-order valence-electron chi connectivity index (χ1n) is 5.79. The monoisotopic (exact) mass is 308 g/mol. The Kier molecular flexibility index (Phi) is 3.76. The number of nitrogens with one attached hydrogen (secondary N) is 1. The van der Waals surface area contributed by atoms with E-state index in [1.165, 1.54) is 37.4 Å². The summed E-state index contributed by atoms with van der Waals surface area (Å²) in [4.78, 5) is 13.8. The average molecular weight is 308 g/mol.